The Morgan fingerprint density at radius 3 is 1.52 bits per heavy atom. The first-order valence-electron chi connectivity index (χ1n) is 9.59. The zero-order valence-corrected chi connectivity index (χ0v) is 16.6. The smallest absolute Gasteiger partial charge is 0.164 e. The average Bonchev–Trinajstić information content (AvgIpc) is 3.06. The fourth-order valence-electron chi connectivity index (χ4n) is 3.28. The van der Waals surface area contributed by atoms with Gasteiger partial charge in [0.1, 0.15) is 24.4 Å². The van der Waals surface area contributed by atoms with Crippen LogP contribution in [0.3, 0.4) is 0 Å². The summed E-state index contributed by atoms with van der Waals surface area (Å²) >= 11 is 0. The lowest BCUT2D eigenvalue weighted by molar-refractivity contribution is -0.167. The Morgan fingerprint density at radius 1 is 0.793 bits per heavy atom. The van der Waals surface area contributed by atoms with E-state index in [4.69, 9.17) is 18.9 Å². The molecule has 0 aliphatic carbocycles. The molecule has 0 unspecified atom stereocenters. The Hall–Kier alpha value is -2.38. The highest BCUT2D eigenvalue weighted by Gasteiger charge is 2.49. The highest BCUT2D eigenvalue weighted by molar-refractivity contribution is 5.60. The third-order valence-corrected chi connectivity index (χ3v) is 4.65. The lowest BCUT2D eigenvalue weighted by Crippen LogP contribution is -2.45. The summed E-state index contributed by atoms with van der Waals surface area (Å²) in [6.07, 6.45) is -1.96. The normalized spacial score (nSPS) is 22.7. The van der Waals surface area contributed by atoms with Gasteiger partial charge in [0.15, 0.2) is 18.4 Å². The first-order valence-corrected chi connectivity index (χ1v) is 9.59. The van der Waals surface area contributed by atoms with Crippen molar-refractivity contribution in [3.05, 3.63) is 71.8 Å². The molecule has 4 atom stereocenters. The van der Waals surface area contributed by atoms with E-state index in [9.17, 15) is 9.59 Å². The molecule has 6 nitrogen and oxygen atoms in total. The van der Waals surface area contributed by atoms with Crippen molar-refractivity contribution in [3.63, 3.8) is 0 Å². The van der Waals surface area contributed by atoms with E-state index in [-0.39, 0.29) is 13.2 Å². The van der Waals surface area contributed by atoms with Gasteiger partial charge in [-0.25, -0.2) is 0 Å². The fourth-order valence-corrected chi connectivity index (χ4v) is 3.28. The van der Waals surface area contributed by atoms with Crippen LogP contribution in [0, 0.1) is 0 Å². The van der Waals surface area contributed by atoms with Crippen molar-refractivity contribution >= 4 is 12.6 Å². The van der Waals surface area contributed by atoms with E-state index in [2.05, 4.69) is 0 Å². The van der Waals surface area contributed by atoms with Gasteiger partial charge in [0, 0.05) is 0 Å². The third kappa shape index (κ3) is 5.81. The van der Waals surface area contributed by atoms with Crippen LogP contribution in [0.15, 0.2) is 60.7 Å². The quantitative estimate of drug-likeness (QED) is 0.573. The Bertz CT molecular complexity index is 711. The van der Waals surface area contributed by atoms with Gasteiger partial charge in [-0.1, -0.05) is 60.7 Å². The summed E-state index contributed by atoms with van der Waals surface area (Å²) in [5, 5.41) is 0. The summed E-state index contributed by atoms with van der Waals surface area (Å²) < 4.78 is 23.4. The van der Waals surface area contributed by atoms with Crippen LogP contribution in [0.4, 0.5) is 0 Å². The van der Waals surface area contributed by atoms with Gasteiger partial charge in [-0.15, -0.1) is 0 Å². The Balaban J connectivity index is 1.70. The second-order valence-electron chi connectivity index (χ2n) is 7.36. The van der Waals surface area contributed by atoms with E-state index < -0.39 is 30.2 Å². The van der Waals surface area contributed by atoms with E-state index in [0.29, 0.717) is 12.6 Å². The van der Waals surface area contributed by atoms with Crippen molar-refractivity contribution in [2.45, 2.75) is 57.3 Å². The van der Waals surface area contributed by atoms with Gasteiger partial charge in [0.25, 0.3) is 0 Å². The van der Waals surface area contributed by atoms with Gasteiger partial charge in [0.05, 0.1) is 13.2 Å². The molecule has 2 aromatic carbocycles. The monoisotopic (exact) mass is 398 g/mol. The van der Waals surface area contributed by atoms with Crippen LogP contribution >= 0.6 is 0 Å². The molecule has 1 saturated heterocycles. The van der Waals surface area contributed by atoms with Crippen LogP contribution in [0.25, 0.3) is 0 Å². The van der Waals surface area contributed by atoms with Crippen LogP contribution in [0.5, 0.6) is 0 Å². The topological polar surface area (TPSA) is 71.1 Å². The van der Waals surface area contributed by atoms with Crippen LogP contribution in [-0.2, 0) is 41.8 Å². The molecule has 0 amide bonds. The van der Waals surface area contributed by atoms with E-state index in [1.807, 2.05) is 60.7 Å². The number of aldehydes is 2. The molecule has 2 aromatic rings. The van der Waals surface area contributed by atoms with Crippen molar-refractivity contribution in [1.82, 2.24) is 0 Å². The summed E-state index contributed by atoms with van der Waals surface area (Å²) in [7, 11) is 0. The number of ether oxygens (including phenoxy) is 4. The number of carbonyl (C=O) groups excluding carboxylic acids is 2. The molecular formula is C23H26O6. The minimum Gasteiger partial charge on any atom is -0.363 e. The standard InChI is InChI=1S/C23H26O6/c1-23(2)28-21(19(13-24)26-15-17-9-5-3-6-10-17)22(29-23)20(14-25)27-16-18-11-7-4-8-12-18/h3-14,19-22H,15-16H2,1-2H3/t19-,20-,21-,22-/m1/s1. The van der Waals surface area contributed by atoms with Crippen molar-refractivity contribution in [2.75, 3.05) is 0 Å². The highest BCUT2D eigenvalue weighted by Crippen LogP contribution is 2.33. The fraction of sp³-hybridized carbons (Fsp3) is 0.391. The molecule has 1 heterocycles. The second-order valence-corrected chi connectivity index (χ2v) is 7.36. The Morgan fingerprint density at radius 2 is 1.17 bits per heavy atom. The molecule has 0 bridgehead atoms. The molecule has 0 spiro atoms. The SMILES string of the molecule is CC1(C)O[C@H]([C@@H](C=O)OCc2ccccc2)[C@@H]([C@@H](C=O)OCc2ccccc2)O1. The van der Waals surface area contributed by atoms with E-state index in [1.54, 1.807) is 13.8 Å². The molecule has 1 fully saturated rings. The molecule has 0 N–H and O–H groups in total. The van der Waals surface area contributed by atoms with Crippen LogP contribution < -0.4 is 0 Å². The maximum absolute atomic E-state index is 11.8. The van der Waals surface area contributed by atoms with Crippen LogP contribution in [0.1, 0.15) is 25.0 Å². The number of rotatable bonds is 10. The van der Waals surface area contributed by atoms with Gasteiger partial charge in [0.2, 0.25) is 0 Å². The number of benzene rings is 2. The van der Waals surface area contributed by atoms with Crippen molar-refractivity contribution in [1.29, 1.82) is 0 Å². The lowest BCUT2D eigenvalue weighted by Gasteiger charge is -2.26. The predicted octanol–water partition coefficient (Wildman–Crippen LogP) is 3.08. The van der Waals surface area contributed by atoms with Crippen molar-refractivity contribution in [2.24, 2.45) is 0 Å². The van der Waals surface area contributed by atoms with Gasteiger partial charge in [-0.3, -0.25) is 0 Å². The van der Waals surface area contributed by atoms with Gasteiger partial charge >= 0.3 is 0 Å². The van der Waals surface area contributed by atoms with Crippen LogP contribution in [-0.4, -0.2) is 42.8 Å². The maximum atomic E-state index is 11.8. The maximum Gasteiger partial charge on any atom is 0.164 e. The molecule has 0 aromatic heterocycles. The predicted molar refractivity (Wildman–Crippen MR) is 106 cm³/mol. The number of carbonyl (C=O) groups is 2. The molecule has 0 radical (unpaired) electrons. The molecule has 0 saturated carbocycles. The summed E-state index contributed by atoms with van der Waals surface area (Å²) in [5.74, 6) is -0.968. The average molecular weight is 398 g/mol. The molecule has 29 heavy (non-hydrogen) atoms. The third-order valence-electron chi connectivity index (χ3n) is 4.65. The molecule has 1 aliphatic rings. The van der Waals surface area contributed by atoms with Crippen molar-refractivity contribution < 1.29 is 28.5 Å². The summed E-state index contributed by atoms with van der Waals surface area (Å²) in [6, 6.07) is 19.0. The second kappa shape index (κ2) is 9.89. The largest absolute Gasteiger partial charge is 0.363 e. The summed E-state index contributed by atoms with van der Waals surface area (Å²) in [4.78, 5) is 23.5. The van der Waals surface area contributed by atoms with E-state index in [0.717, 1.165) is 11.1 Å². The zero-order chi connectivity index (χ0) is 20.7. The van der Waals surface area contributed by atoms with Gasteiger partial charge in [-0.05, 0) is 25.0 Å². The number of hydrogen-bond donors (Lipinski definition) is 0. The molecule has 6 heteroatoms. The highest BCUT2D eigenvalue weighted by atomic mass is 16.8. The Labute approximate surface area is 170 Å². The number of hydrogen-bond acceptors (Lipinski definition) is 6. The lowest BCUT2D eigenvalue weighted by atomic mass is 10.0. The van der Waals surface area contributed by atoms with Crippen LogP contribution in [0.2, 0.25) is 0 Å². The first-order chi connectivity index (χ1) is 14.0. The molecule has 154 valence electrons. The zero-order valence-electron chi connectivity index (χ0n) is 16.6. The van der Waals surface area contributed by atoms with E-state index in [1.165, 1.54) is 0 Å². The molecule has 1 aliphatic heterocycles. The summed E-state index contributed by atoms with van der Waals surface area (Å²) in [6.45, 7) is 3.96. The molecule has 3 rings (SSSR count). The first kappa shape index (κ1) is 21.3. The molecular weight excluding hydrogens is 372 g/mol. The van der Waals surface area contributed by atoms with E-state index >= 15 is 0 Å². The minimum atomic E-state index is -0.968. The Kier molecular flexibility index (Phi) is 7.28. The minimum absolute atomic E-state index is 0.244. The van der Waals surface area contributed by atoms with Crippen molar-refractivity contribution in [3.8, 4) is 0 Å². The van der Waals surface area contributed by atoms with Gasteiger partial charge in [-0.2, -0.15) is 0 Å². The summed E-state index contributed by atoms with van der Waals surface area (Å²) in [5.41, 5.74) is 1.86. The van der Waals surface area contributed by atoms with Gasteiger partial charge < -0.3 is 28.5 Å².